The highest BCUT2D eigenvalue weighted by molar-refractivity contribution is 8.22. The number of nitro groups is 1. The van der Waals surface area contributed by atoms with Crippen molar-refractivity contribution in [1.82, 2.24) is 0 Å². The smallest absolute Gasteiger partial charge is 0.269 e. The van der Waals surface area contributed by atoms with Crippen molar-refractivity contribution in [2.75, 3.05) is 5.32 Å². The summed E-state index contributed by atoms with van der Waals surface area (Å²) < 4.78 is 0. The third-order valence-electron chi connectivity index (χ3n) is 4.27. The van der Waals surface area contributed by atoms with Crippen molar-refractivity contribution in [3.05, 3.63) is 99.6 Å². The molecule has 1 aliphatic heterocycles. The second kappa shape index (κ2) is 7.70. The minimum Gasteiger partial charge on any atom is -0.334 e. The summed E-state index contributed by atoms with van der Waals surface area (Å²) in [5.41, 5.74) is 5.12. The van der Waals surface area contributed by atoms with Gasteiger partial charge in [-0.15, -0.1) is 0 Å². The number of nitro benzene ring substituents is 1. The van der Waals surface area contributed by atoms with E-state index in [2.05, 4.69) is 36.5 Å². The number of hydrogen-bond donors (Lipinski definition) is 1. The zero-order valence-corrected chi connectivity index (χ0v) is 15.9. The highest BCUT2D eigenvalue weighted by Crippen LogP contribution is 2.42. The summed E-state index contributed by atoms with van der Waals surface area (Å²) in [5, 5.41) is 14.8. The maximum atomic E-state index is 10.8. The van der Waals surface area contributed by atoms with Crippen molar-refractivity contribution in [3.63, 3.8) is 0 Å². The van der Waals surface area contributed by atoms with Gasteiger partial charge in [-0.25, -0.2) is 4.99 Å². The van der Waals surface area contributed by atoms with Gasteiger partial charge >= 0.3 is 0 Å². The molecule has 28 heavy (non-hydrogen) atoms. The van der Waals surface area contributed by atoms with Crippen LogP contribution in [0, 0.1) is 17.0 Å². The largest absolute Gasteiger partial charge is 0.334 e. The number of nitrogens with one attached hydrogen (secondary N) is 1. The molecule has 5 nitrogen and oxygen atoms in total. The number of aryl methyl sites for hydroxylation is 1. The Morgan fingerprint density at radius 2 is 1.79 bits per heavy atom. The quantitative estimate of drug-likeness (QED) is 0.426. The van der Waals surface area contributed by atoms with Crippen LogP contribution in [-0.4, -0.2) is 10.1 Å². The molecule has 1 N–H and O–H groups in total. The fraction of sp³-hybridized carbons (Fsp3) is 0.0455. The molecule has 138 valence electrons. The first-order valence-electron chi connectivity index (χ1n) is 8.74. The second-order valence-corrected chi connectivity index (χ2v) is 7.42. The number of benzene rings is 3. The minimum absolute atomic E-state index is 0.0641. The molecule has 0 spiro atoms. The van der Waals surface area contributed by atoms with E-state index >= 15 is 0 Å². The summed E-state index contributed by atoms with van der Waals surface area (Å²) in [7, 11) is 0. The number of amidine groups is 1. The Kier molecular flexibility index (Phi) is 4.95. The summed E-state index contributed by atoms with van der Waals surface area (Å²) in [4.78, 5) is 16.3. The third-order valence-corrected chi connectivity index (χ3v) is 5.22. The molecule has 3 aromatic carbocycles. The van der Waals surface area contributed by atoms with Crippen LogP contribution in [0.5, 0.6) is 0 Å². The topological polar surface area (TPSA) is 67.5 Å². The van der Waals surface area contributed by atoms with Crippen molar-refractivity contribution in [1.29, 1.82) is 0 Å². The Morgan fingerprint density at radius 1 is 1.04 bits per heavy atom. The number of aliphatic imine (C=N–C) groups is 1. The van der Waals surface area contributed by atoms with Crippen molar-refractivity contribution >= 4 is 45.0 Å². The number of rotatable bonds is 3. The lowest BCUT2D eigenvalue weighted by molar-refractivity contribution is -0.384. The SMILES string of the molecule is Cc1ccc2c(c1)/C(=C\c1ccccc1)SC(Nc1ccc([N+](=O)[O-])cc1)=N2. The summed E-state index contributed by atoms with van der Waals surface area (Å²) >= 11 is 1.55. The molecule has 1 aliphatic rings. The number of anilines is 1. The van der Waals surface area contributed by atoms with Crippen LogP contribution >= 0.6 is 11.8 Å². The zero-order chi connectivity index (χ0) is 19.5. The highest BCUT2D eigenvalue weighted by Gasteiger charge is 2.18. The average molecular weight is 387 g/mol. The molecule has 0 aromatic heterocycles. The molecule has 0 unspecified atom stereocenters. The summed E-state index contributed by atoms with van der Waals surface area (Å²) in [5.74, 6) is 0. The van der Waals surface area contributed by atoms with Gasteiger partial charge in [-0.3, -0.25) is 10.1 Å². The number of hydrogen-bond acceptors (Lipinski definition) is 5. The van der Waals surface area contributed by atoms with E-state index in [9.17, 15) is 10.1 Å². The molecule has 4 rings (SSSR count). The first-order valence-corrected chi connectivity index (χ1v) is 9.56. The van der Waals surface area contributed by atoms with Gasteiger partial charge in [-0.2, -0.15) is 0 Å². The molecule has 0 fully saturated rings. The molecule has 0 aliphatic carbocycles. The predicted molar refractivity (Wildman–Crippen MR) is 117 cm³/mol. The van der Waals surface area contributed by atoms with E-state index in [1.165, 1.54) is 17.7 Å². The van der Waals surface area contributed by atoms with Crippen LogP contribution in [-0.2, 0) is 0 Å². The maximum absolute atomic E-state index is 10.8. The fourth-order valence-corrected chi connectivity index (χ4v) is 3.88. The first kappa shape index (κ1) is 18.0. The van der Waals surface area contributed by atoms with Gasteiger partial charge < -0.3 is 5.32 Å². The molecule has 0 saturated carbocycles. The van der Waals surface area contributed by atoms with E-state index in [1.54, 1.807) is 23.9 Å². The van der Waals surface area contributed by atoms with Crippen LogP contribution in [0.25, 0.3) is 11.0 Å². The van der Waals surface area contributed by atoms with Gasteiger partial charge in [0.1, 0.15) is 0 Å². The van der Waals surface area contributed by atoms with Crippen molar-refractivity contribution in [2.45, 2.75) is 6.92 Å². The van der Waals surface area contributed by atoms with E-state index in [-0.39, 0.29) is 5.69 Å². The lowest BCUT2D eigenvalue weighted by Gasteiger charge is -2.19. The predicted octanol–water partition coefficient (Wildman–Crippen LogP) is 6.25. The number of nitrogens with zero attached hydrogens (tertiary/aromatic N) is 2. The van der Waals surface area contributed by atoms with E-state index in [0.717, 1.165) is 32.6 Å². The third kappa shape index (κ3) is 3.97. The normalized spacial score (nSPS) is 14.3. The van der Waals surface area contributed by atoms with Gasteiger partial charge in [0.2, 0.25) is 0 Å². The number of non-ortho nitro benzene ring substituents is 1. The Labute approximate surface area is 167 Å². The molecule has 0 bridgehead atoms. The van der Waals surface area contributed by atoms with Gasteiger partial charge in [-0.05, 0) is 42.8 Å². The van der Waals surface area contributed by atoms with Crippen molar-refractivity contribution < 1.29 is 4.92 Å². The molecule has 0 saturated heterocycles. The average Bonchev–Trinajstić information content (AvgIpc) is 2.70. The van der Waals surface area contributed by atoms with E-state index in [0.29, 0.717) is 0 Å². The lowest BCUT2D eigenvalue weighted by Crippen LogP contribution is -2.10. The monoisotopic (exact) mass is 387 g/mol. The minimum atomic E-state index is -0.407. The van der Waals surface area contributed by atoms with Crippen LogP contribution < -0.4 is 5.32 Å². The van der Waals surface area contributed by atoms with Gasteiger partial charge in [0.15, 0.2) is 5.17 Å². The first-order chi connectivity index (χ1) is 13.6. The fourth-order valence-electron chi connectivity index (χ4n) is 2.89. The van der Waals surface area contributed by atoms with Crippen LogP contribution in [0.1, 0.15) is 16.7 Å². The lowest BCUT2D eigenvalue weighted by atomic mass is 10.1. The van der Waals surface area contributed by atoms with Crippen molar-refractivity contribution in [2.24, 2.45) is 4.99 Å². The molecule has 6 heteroatoms. The van der Waals surface area contributed by atoms with Crippen LogP contribution in [0.2, 0.25) is 0 Å². The van der Waals surface area contributed by atoms with Crippen LogP contribution in [0.15, 0.2) is 77.8 Å². The standard InChI is InChI=1S/C22H17N3O2S/c1-15-7-12-20-19(13-15)21(14-16-5-3-2-4-6-16)28-22(24-20)23-17-8-10-18(11-9-17)25(26)27/h2-14H,1H3,(H,23,24)/b21-14+. The van der Waals surface area contributed by atoms with Gasteiger partial charge in [0.25, 0.3) is 5.69 Å². The molecular formula is C22H17N3O2S. The number of fused-ring (bicyclic) bond motifs is 1. The maximum Gasteiger partial charge on any atom is 0.269 e. The van der Waals surface area contributed by atoms with Gasteiger partial charge in [-0.1, -0.05) is 53.7 Å². The Bertz CT molecular complexity index is 1090. The Hall–Kier alpha value is -3.38. The second-order valence-electron chi connectivity index (χ2n) is 6.39. The highest BCUT2D eigenvalue weighted by atomic mass is 32.2. The van der Waals surface area contributed by atoms with Crippen LogP contribution in [0.4, 0.5) is 17.1 Å². The van der Waals surface area contributed by atoms with Crippen molar-refractivity contribution in [3.8, 4) is 0 Å². The van der Waals surface area contributed by atoms with Gasteiger partial charge in [0.05, 0.1) is 10.6 Å². The summed E-state index contributed by atoms with van der Waals surface area (Å²) in [6.45, 7) is 2.07. The molecular weight excluding hydrogens is 370 g/mol. The van der Waals surface area contributed by atoms with Crippen LogP contribution in [0.3, 0.4) is 0 Å². The summed E-state index contributed by atoms with van der Waals surface area (Å²) in [6.07, 6.45) is 2.15. The molecule has 0 radical (unpaired) electrons. The molecule has 0 atom stereocenters. The Morgan fingerprint density at radius 3 is 2.50 bits per heavy atom. The van der Waals surface area contributed by atoms with E-state index < -0.39 is 4.92 Å². The zero-order valence-electron chi connectivity index (χ0n) is 15.1. The Balaban J connectivity index is 1.68. The van der Waals surface area contributed by atoms with Gasteiger partial charge in [0, 0.05) is 28.3 Å². The number of thioether (sulfide) groups is 1. The molecule has 1 heterocycles. The molecule has 3 aromatic rings. The molecule has 0 amide bonds. The van der Waals surface area contributed by atoms with E-state index in [1.807, 2.05) is 30.3 Å². The van der Waals surface area contributed by atoms with E-state index in [4.69, 9.17) is 4.99 Å². The summed E-state index contributed by atoms with van der Waals surface area (Å²) in [6, 6.07) is 22.7.